The predicted octanol–water partition coefficient (Wildman–Crippen LogP) is 3.29. The summed E-state index contributed by atoms with van der Waals surface area (Å²) in [6.07, 6.45) is 0.377. The van der Waals surface area contributed by atoms with E-state index in [4.69, 9.17) is 5.11 Å². The Hall–Kier alpha value is -1.36. The number of aliphatic carboxylic acids is 1. The van der Waals surface area contributed by atoms with Crippen molar-refractivity contribution in [2.75, 3.05) is 0 Å². The van der Waals surface area contributed by atoms with Crippen molar-refractivity contribution in [3.8, 4) is 0 Å². The summed E-state index contributed by atoms with van der Waals surface area (Å²) in [5.41, 5.74) is 2.08. The Morgan fingerprint density at radius 3 is 2.78 bits per heavy atom. The van der Waals surface area contributed by atoms with E-state index in [2.05, 4.69) is 25.9 Å². The van der Waals surface area contributed by atoms with Crippen LogP contribution in [0.1, 0.15) is 25.2 Å². The fourth-order valence-electron chi connectivity index (χ4n) is 1.84. The monoisotopic (exact) mass is 310 g/mol. The standard InChI is InChI=1S/C13H15BrN2O2/c1-7-4-8(14)11-9(5-7)15-10(16-11)6-13(2,3)12(17)18/h4-5H,6H2,1-3H3,(H,15,16)(H,17,18). The average molecular weight is 311 g/mol. The summed E-state index contributed by atoms with van der Waals surface area (Å²) in [6.45, 7) is 5.40. The van der Waals surface area contributed by atoms with Gasteiger partial charge in [-0.3, -0.25) is 4.79 Å². The molecule has 96 valence electrons. The third-order valence-electron chi connectivity index (χ3n) is 2.92. The van der Waals surface area contributed by atoms with E-state index in [9.17, 15) is 4.79 Å². The lowest BCUT2D eigenvalue weighted by molar-refractivity contribution is -0.146. The second kappa shape index (κ2) is 4.39. The summed E-state index contributed by atoms with van der Waals surface area (Å²) in [5.74, 6) is -0.123. The van der Waals surface area contributed by atoms with E-state index in [-0.39, 0.29) is 0 Å². The first-order valence-corrected chi connectivity index (χ1v) is 6.47. The lowest BCUT2D eigenvalue weighted by Gasteiger charge is -2.16. The van der Waals surface area contributed by atoms with Crippen LogP contribution >= 0.6 is 15.9 Å². The fraction of sp³-hybridized carbons (Fsp3) is 0.385. The van der Waals surface area contributed by atoms with Gasteiger partial charge in [0.15, 0.2) is 0 Å². The SMILES string of the molecule is Cc1cc(Br)c2nc(CC(C)(C)C(=O)O)[nH]c2c1. The molecule has 0 unspecified atom stereocenters. The number of aromatic nitrogens is 2. The number of fused-ring (bicyclic) bond motifs is 1. The fourth-order valence-corrected chi connectivity index (χ4v) is 2.50. The van der Waals surface area contributed by atoms with Crippen LogP contribution in [0.4, 0.5) is 0 Å². The van der Waals surface area contributed by atoms with Crippen LogP contribution < -0.4 is 0 Å². The minimum Gasteiger partial charge on any atom is -0.481 e. The van der Waals surface area contributed by atoms with Crippen LogP contribution in [-0.4, -0.2) is 21.0 Å². The van der Waals surface area contributed by atoms with Crippen LogP contribution in [0.15, 0.2) is 16.6 Å². The molecule has 1 aromatic carbocycles. The summed E-state index contributed by atoms with van der Waals surface area (Å²) in [5, 5.41) is 9.13. The Morgan fingerprint density at radius 1 is 1.50 bits per heavy atom. The van der Waals surface area contributed by atoms with Gasteiger partial charge in [-0.2, -0.15) is 0 Å². The smallest absolute Gasteiger partial charge is 0.309 e. The van der Waals surface area contributed by atoms with Crippen molar-refractivity contribution in [2.45, 2.75) is 27.2 Å². The lowest BCUT2D eigenvalue weighted by atomic mass is 9.89. The van der Waals surface area contributed by atoms with Crippen LogP contribution in [0.3, 0.4) is 0 Å². The van der Waals surface area contributed by atoms with Gasteiger partial charge in [-0.1, -0.05) is 0 Å². The largest absolute Gasteiger partial charge is 0.481 e. The van der Waals surface area contributed by atoms with E-state index in [0.29, 0.717) is 12.2 Å². The molecule has 0 amide bonds. The summed E-state index contributed by atoms with van der Waals surface area (Å²) >= 11 is 3.47. The number of hydrogen-bond acceptors (Lipinski definition) is 2. The number of aryl methyl sites for hydroxylation is 1. The highest BCUT2D eigenvalue weighted by Crippen LogP contribution is 2.27. The second-order valence-corrected chi connectivity index (χ2v) is 6.05. The van der Waals surface area contributed by atoms with Crippen LogP contribution in [0.5, 0.6) is 0 Å². The Bertz CT molecular complexity index is 617. The van der Waals surface area contributed by atoms with Gasteiger partial charge in [0.25, 0.3) is 0 Å². The third-order valence-corrected chi connectivity index (χ3v) is 3.53. The van der Waals surface area contributed by atoms with Crippen molar-refractivity contribution in [2.24, 2.45) is 5.41 Å². The molecule has 0 saturated heterocycles. The molecule has 0 bridgehead atoms. The van der Waals surface area contributed by atoms with E-state index in [0.717, 1.165) is 21.1 Å². The van der Waals surface area contributed by atoms with Gasteiger partial charge in [-0.15, -0.1) is 0 Å². The van der Waals surface area contributed by atoms with E-state index in [1.807, 2.05) is 19.1 Å². The maximum atomic E-state index is 11.1. The van der Waals surface area contributed by atoms with Crippen molar-refractivity contribution >= 4 is 32.9 Å². The normalized spacial score (nSPS) is 12.0. The molecule has 4 nitrogen and oxygen atoms in total. The number of imidazole rings is 1. The van der Waals surface area contributed by atoms with Crippen LogP contribution in [0.25, 0.3) is 11.0 Å². The minimum atomic E-state index is -0.824. The maximum Gasteiger partial charge on any atom is 0.309 e. The molecule has 5 heteroatoms. The first kappa shape index (κ1) is 13.1. The second-order valence-electron chi connectivity index (χ2n) is 5.19. The van der Waals surface area contributed by atoms with Gasteiger partial charge in [-0.05, 0) is 54.4 Å². The van der Waals surface area contributed by atoms with Gasteiger partial charge < -0.3 is 10.1 Å². The average Bonchev–Trinajstić information content (AvgIpc) is 2.59. The van der Waals surface area contributed by atoms with Gasteiger partial charge >= 0.3 is 5.97 Å². The predicted molar refractivity (Wildman–Crippen MR) is 73.7 cm³/mol. The molecule has 18 heavy (non-hydrogen) atoms. The minimum absolute atomic E-state index is 0.377. The quantitative estimate of drug-likeness (QED) is 0.914. The number of rotatable bonds is 3. The first-order chi connectivity index (χ1) is 8.29. The number of nitrogens with zero attached hydrogens (tertiary/aromatic N) is 1. The Labute approximate surface area is 114 Å². The lowest BCUT2D eigenvalue weighted by Crippen LogP contribution is -2.26. The number of benzene rings is 1. The Morgan fingerprint density at radius 2 is 2.17 bits per heavy atom. The molecule has 0 atom stereocenters. The van der Waals surface area contributed by atoms with Crippen molar-refractivity contribution in [3.63, 3.8) is 0 Å². The molecule has 0 saturated carbocycles. The number of hydrogen-bond donors (Lipinski definition) is 2. The number of H-pyrrole nitrogens is 1. The van der Waals surface area contributed by atoms with Gasteiger partial charge in [0, 0.05) is 10.9 Å². The highest BCUT2D eigenvalue weighted by molar-refractivity contribution is 9.10. The van der Waals surface area contributed by atoms with Crippen molar-refractivity contribution in [3.05, 3.63) is 28.0 Å². The van der Waals surface area contributed by atoms with Gasteiger partial charge in [0.2, 0.25) is 0 Å². The molecule has 0 aliphatic rings. The van der Waals surface area contributed by atoms with E-state index in [1.54, 1.807) is 13.8 Å². The number of carbonyl (C=O) groups is 1. The number of carboxylic acid groups (broad SMARTS) is 1. The highest BCUT2D eigenvalue weighted by atomic mass is 79.9. The molecule has 0 spiro atoms. The van der Waals surface area contributed by atoms with Gasteiger partial charge in [-0.25, -0.2) is 4.98 Å². The van der Waals surface area contributed by atoms with Crippen LogP contribution in [0, 0.1) is 12.3 Å². The Balaban J connectivity index is 2.42. The third kappa shape index (κ3) is 2.41. The summed E-state index contributed by atoms with van der Waals surface area (Å²) in [6, 6.07) is 4.00. The van der Waals surface area contributed by atoms with E-state index >= 15 is 0 Å². The molecule has 1 aromatic heterocycles. The van der Waals surface area contributed by atoms with Crippen LogP contribution in [-0.2, 0) is 11.2 Å². The van der Waals surface area contributed by atoms with Crippen molar-refractivity contribution in [1.29, 1.82) is 0 Å². The number of aromatic amines is 1. The molecule has 1 heterocycles. The molecule has 0 radical (unpaired) electrons. The van der Waals surface area contributed by atoms with Crippen molar-refractivity contribution < 1.29 is 9.90 Å². The zero-order valence-electron chi connectivity index (χ0n) is 10.5. The topological polar surface area (TPSA) is 66.0 Å². The molecule has 2 aromatic rings. The molecular formula is C13H15BrN2O2. The summed E-state index contributed by atoms with van der Waals surface area (Å²) < 4.78 is 0.924. The highest BCUT2D eigenvalue weighted by Gasteiger charge is 2.28. The summed E-state index contributed by atoms with van der Waals surface area (Å²) in [4.78, 5) is 18.7. The maximum absolute atomic E-state index is 11.1. The zero-order valence-corrected chi connectivity index (χ0v) is 12.1. The zero-order chi connectivity index (χ0) is 13.5. The first-order valence-electron chi connectivity index (χ1n) is 5.68. The summed E-state index contributed by atoms with van der Waals surface area (Å²) in [7, 11) is 0. The molecule has 0 aliphatic heterocycles. The number of nitrogens with one attached hydrogen (secondary N) is 1. The number of carboxylic acids is 1. The van der Waals surface area contributed by atoms with Gasteiger partial charge in [0.05, 0.1) is 10.9 Å². The molecule has 2 rings (SSSR count). The van der Waals surface area contributed by atoms with E-state index < -0.39 is 11.4 Å². The molecule has 0 fully saturated rings. The van der Waals surface area contributed by atoms with Crippen molar-refractivity contribution in [1.82, 2.24) is 9.97 Å². The molecular weight excluding hydrogens is 296 g/mol. The Kier molecular flexibility index (Phi) is 3.19. The molecule has 0 aliphatic carbocycles. The molecule has 2 N–H and O–H groups in total. The van der Waals surface area contributed by atoms with E-state index in [1.165, 1.54) is 0 Å². The number of halogens is 1. The van der Waals surface area contributed by atoms with Gasteiger partial charge in [0.1, 0.15) is 11.3 Å². The van der Waals surface area contributed by atoms with Crippen LogP contribution in [0.2, 0.25) is 0 Å².